The maximum Gasteiger partial charge on any atom is 0.348 e. The van der Waals surface area contributed by atoms with Crippen LogP contribution in [0.1, 0.15) is 9.67 Å². The van der Waals surface area contributed by atoms with Crippen LogP contribution in [0.5, 0.6) is 0 Å². The van der Waals surface area contributed by atoms with Gasteiger partial charge in [-0.05, 0) is 24.3 Å². The molecule has 3 rings (SSSR count). The third kappa shape index (κ3) is 1.91. The van der Waals surface area contributed by atoms with E-state index in [1.165, 1.54) is 18.4 Å². The Labute approximate surface area is 112 Å². The Kier molecular flexibility index (Phi) is 2.85. The van der Waals surface area contributed by atoms with Gasteiger partial charge in [0.1, 0.15) is 9.88 Å². The molecule has 3 aromatic rings. The van der Waals surface area contributed by atoms with Crippen LogP contribution < -0.4 is 0 Å². The van der Waals surface area contributed by atoms with Crippen molar-refractivity contribution >= 4 is 38.9 Å². The van der Waals surface area contributed by atoms with Gasteiger partial charge in [0.2, 0.25) is 0 Å². The van der Waals surface area contributed by atoms with Crippen LogP contribution in [0.2, 0.25) is 0 Å². The summed E-state index contributed by atoms with van der Waals surface area (Å²) in [6, 6.07) is 11.7. The van der Waals surface area contributed by atoms with Gasteiger partial charge in [-0.3, -0.25) is 0 Å². The van der Waals surface area contributed by atoms with Crippen LogP contribution in [-0.2, 0) is 4.74 Å². The first-order valence-electron chi connectivity index (χ1n) is 5.32. The highest BCUT2D eigenvalue weighted by atomic mass is 32.1. The number of para-hydroxylation sites is 1. The molecular weight excluding hydrogens is 266 g/mol. The highest BCUT2D eigenvalue weighted by Gasteiger charge is 2.12. The van der Waals surface area contributed by atoms with E-state index in [4.69, 9.17) is 4.74 Å². The van der Waals surface area contributed by atoms with Crippen LogP contribution in [0.4, 0.5) is 0 Å². The van der Waals surface area contributed by atoms with E-state index in [9.17, 15) is 4.79 Å². The first kappa shape index (κ1) is 11.4. The van der Waals surface area contributed by atoms with E-state index in [1.54, 1.807) is 17.4 Å². The van der Waals surface area contributed by atoms with E-state index in [0.717, 1.165) is 20.1 Å². The normalized spacial score (nSPS) is 10.7. The fraction of sp³-hybridized carbons (Fsp3) is 0.0769. The summed E-state index contributed by atoms with van der Waals surface area (Å²) in [6.07, 6.45) is 0. The molecule has 0 saturated heterocycles. The largest absolute Gasteiger partial charge is 0.465 e. The van der Waals surface area contributed by atoms with Crippen molar-refractivity contribution < 1.29 is 9.53 Å². The third-order valence-corrected chi connectivity index (χ3v) is 4.77. The molecule has 0 aliphatic heterocycles. The van der Waals surface area contributed by atoms with Gasteiger partial charge in [0, 0.05) is 0 Å². The van der Waals surface area contributed by atoms with Crippen LogP contribution in [-0.4, -0.2) is 18.1 Å². The molecule has 3 nitrogen and oxygen atoms in total. The standard InChI is InChI=1S/C13H9NO2S2/c1-16-13(15)11-7-6-10(17-11)12-14-8-4-2-3-5-9(8)18-12/h2-7H,1H3. The Morgan fingerprint density at radius 3 is 2.78 bits per heavy atom. The number of hydrogen-bond acceptors (Lipinski definition) is 5. The number of ether oxygens (including phenoxy) is 1. The molecule has 0 fully saturated rings. The van der Waals surface area contributed by atoms with Crippen LogP contribution >= 0.6 is 22.7 Å². The van der Waals surface area contributed by atoms with Crippen molar-refractivity contribution in [3.05, 3.63) is 41.3 Å². The summed E-state index contributed by atoms with van der Waals surface area (Å²) < 4.78 is 5.85. The molecule has 1 aromatic carbocycles. The summed E-state index contributed by atoms with van der Waals surface area (Å²) in [5, 5.41) is 0.941. The maximum atomic E-state index is 11.4. The van der Waals surface area contributed by atoms with Crippen molar-refractivity contribution in [3.63, 3.8) is 0 Å². The minimum absolute atomic E-state index is 0.299. The fourth-order valence-corrected chi connectivity index (χ4v) is 3.59. The van der Waals surface area contributed by atoms with Crippen LogP contribution in [0.15, 0.2) is 36.4 Å². The number of esters is 1. The van der Waals surface area contributed by atoms with Crippen molar-refractivity contribution in [2.75, 3.05) is 7.11 Å². The number of benzene rings is 1. The minimum atomic E-state index is -0.299. The number of nitrogens with zero attached hydrogens (tertiary/aromatic N) is 1. The molecule has 18 heavy (non-hydrogen) atoms. The number of fused-ring (bicyclic) bond motifs is 1. The van der Waals surface area contributed by atoms with Gasteiger partial charge in [-0.2, -0.15) is 0 Å². The molecule has 0 bridgehead atoms. The molecule has 90 valence electrons. The second kappa shape index (κ2) is 4.51. The van der Waals surface area contributed by atoms with E-state index in [1.807, 2.05) is 30.3 Å². The topological polar surface area (TPSA) is 39.2 Å². The summed E-state index contributed by atoms with van der Waals surface area (Å²) in [6.45, 7) is 0. The van der Waals surface area contributed by atoms with Gasteiger partial charge in [0.25, 0.3) is 0 Å². The predicted octanol–water partition coefficient (Wildman–Crippen LogP) is 3.81. The first-order valence-corrected chi connectivity index (χ1v) is 6.95. The second-order valence-corrected chi connectivity index (χ2v) is 5.76. The summed E-state index contributed by atoms with van der Waals surface area (Å²) in [5.41, 5.74) is 0.991. The van der Waals surface area contributed by atoms with E-state index >= 15 is 0 Å². The zero-order valence-electron chi connectivity index (χ0n) is 9.54. The Morgan fingerprint density at radius 2 is 2.00 bits per heavy atom. The second-order valence-electron chi connectivity index (χ2n) is 3.64. The molecule has 0 unspecified atom stereocenters. The molecule has 0 aliphatic carbocycles. The molecule has 0 spiro atoms. The van der Waals surface area contributed by atoms with Crippen molar-refractivity contribution in [2.45, 2.75) is 0 Å². The zero-order valence-corrected chi connectivity index (χ0v) is 11.2. The number of rotatable bonds is 2. The smallest absolute Gasteiger partial charge is 0.348 e. The van der Waals surface area contributed by atoms with Crippen molar-refractivity contribution in [1.29, 1.82) is 0 Å². The molecule has 0 atom stereocenters. The lowest BCUT2D eigenvalue weighted by Gasteiger charge is -1.91. The molecule has 0 saturated carbocycles. The van der Waals surface area contributed by atoms with E-state index in [-0.39, 0.29) is 5.97 Å². The van der Waals surface area contributed by atoms with Gasteiger partial charge >= 0.3 is 5.97 Å². The van der Waals surface area contributed by atoms with E-state index < -0.39 is 0 Å². The van der Waals surface area contributed by atoms with Crippen LogP contribution in [0.3, 0.4) is 0 Å². The third-order valence-electron chi connectivity index (χ3n) is 2.50. The molecule has 0 aliphatic rings. The number of carbonyl (C=O) groups is 1. The number of thiophene rings is 1. The molecule has 0 amide bonds. The van der Waals surface area contributed by atoms with Crippen molar-refractivity contribution in [1.82, 2.24) is 4.98 Å². The molecule has 2 aromatic heterocycles. The van der Waals surface area contributed by atoms with Crippen molar-refractivity contribution in [2.24, 2.45) is 0 Å². The number of carbonyl (C=O) groups excluding carboxylic acids is 1. The number of aromatic nitrogens is 1. The van der Waals surface area contributed by atoms with Crippen LogP contribution in [0, 0.1) is 0 Å². The molecule has 0 N–H and O–H groups in total. The minimum Gasteiger partial charge on any atom is -0.465 e. The van der Waals surface area contributed by atoms with Gasteiger partial charge < -0.3 is 4.74 Å². The van der Waals surface area contributed by atoms with Gasteiger partial charge in [-0.25, -0.2) is 9.78 Å². The predicted molar refractivity (Wildman–Crippen MR) is 74.3 cm³/mol. The van der Waals surface area contributed by atoms with Gasteiger partial charge in [-0.1, -0.05) is 12.1 Å². The zero-order chi connectivity index (χ0) is 12.5. The van der Waals surface area contributed by atoms with Crippen LogP contribution in [0.25, 0.3) is 20.1 Å². The lowest BCUT2D eigenvalue weighted by Crippen LogP contribution is -1.96. The van der Waals surface area contributed by atoms with E-state index in [2.05, 4.69) is 4.98 Å². The average Bonchev–Trinajstić information content (AvgIpc) is 3.03. The molecule has 0 radical (unpaired) electrons. The van der Waals surface area contributed by atoms with Gasteiger partial charge in [0.15, 0.2) is 0 Å². The average molecular weight is 275 g/mol. The maximum absolute atomic E-state index is 11.4. The van der Waals surface area contributed by atoms with E-state index in [0.29, 0.717) is 4.88 Å². The quantitative estimate of drug-likeness (QED) is 0.668. The number of thiazole rings is 1. The molecule has 2 heterocycles. The Bertz CT molecular complexity index is 681. The highest BCUT2D eigenvalue weighted by molar-refractivity contribution is 7.26. The fourth-order valence-electron chi connectivity index (χ4n) is 1.64. The SMILES string of the molecule is COC(=O)c1ccc(-c2nc3ccccc3s2)s1. The summed E-state index contributed by atoms with van der Waals surface area (Å²) in [7, 11) is 1.39. The van der Waals surface area contributed by atoms with Crippen molar-refractivity contribution in [3.8, 4) is 9.88 Å². The summed E-state index contributed by atoms with van der Waals surface area (Å²) in [4.78, 5) is 17.6. The highest BCUT2D eigenvalue weighted by Crippen LogP contribution is 2.34. The molecular formula is C13H9NO2S2. The Balaban J connectivity index is 2.03. The van der Waals surface area contributed by atoms with Gasteiger partial charge in [0.05, 0.1) is 22.2 Å². The monoisotopic (exact) mass is 275 g/mol. The number of hydrogen-bond donors (Lipinski definition) is 0. The first-order chi connectivity index (χ1) is 8.78. The molecule has 5 heteroatoms. The lowest BCUT2D eigenvalue weighted by atomic mass is 10.3. The Hall–Kier alpha value is -1.72. The lowest BCUT2D eigenvalue weighted by molar-refractivity contribution is 0.0606. The van der Waals surface area contributed by atoms with Gasteiger partial charge in [-0.15, -0.1) is 22.7 Å². The Morgan fingerprint density at radius 1 is 1.17 bits per heavy atom. The summed E-state index contributed by atoms with van der Waals surface area (Å²) >= 11 is 3.04. The summed E-state index contributed by atoms with van der Waals surface area (Å²) in [5.74, 6) is -0.299. The number of methoxy groups -OCH3 is 1.